The number of anilines is 1. The van der Waals surface area contributed by atoms with E-state index in [0.29, 0.717) is 22.5 Å². The first-order valence-electron chi connectivity index (χ1n) is 7.13. The molecule has 0 spiro atoms. The maximum Gasteiger partial charge on any atom is 0.251 e. The van der Waals surface area contributed by atoms with E-state index in [-0.39, 0.29) is 11.9 Å². The smallest absolute Gasteiger partial charge is 0.251 e. The maximum absolute atomic E-state index is 12.4. The van der Waals surface area contributed by atoms with Gasteiger partial charge in [0.2, 0.25) is 0 Å². The zero-order valence-electron chi connectivity index (χ0n) is 12.3. The summed E-state index contributed by atoms with van der Waals surface area (Å²) in [7, 11) is 3.76. The minimum atomic E-state index is -0.0591. The number of carbonyl (C=O) groups is 1. The van der Waals surface area contributed by atoms with Gasteiger partial charge >= 0.3 is 0 Å². The van der Waals surface area contributed by atoms with Crippen molar-refractivity contribution in [1.29, 1.82) is 0 Å². The lowest BCUT2D eigenvalue weighted by Crippen LogP contribution is -2.41. The summed E-state index contributed by atoms with van der Waals surface area (Å²) < 4.78 is 0. The number of hydrogen-bond donors (Lipinski definition) is 1. The van der Waals surface area contributed by atoms with Crippen LogP contribution in [0.15, 0.2) is 12.1 Å². The lowest BCUT2D eigenvalue weighted by molar-refractivity contribution is 0.0910. The Hall–Kier alpha value is -1.29. The third-order valence-corrected chi connectivity index (χ3v) is 4.12. The molecule has 1 fully saturated rings. The molecule has 1 amide bonds. The molecule has 0 radical (unpaired) electrons. The Morgan fingerprint density at radius 3 is 2.70 bits per heavy atom. The molecule has 5 heteroatoms. The van der Waals surface area contributed by atoms with Crippen LogP contribution in [-0.2, 0) is 0 Å². The van der Waals surface area contributed by atoms with Gasteiger partial charge < -0.3 is 10.2 Å². The van der Waals surface area contributed by atoms with Crippen LogP contribution in [0.3, 0.4) is 0 Å². The molecule has 20 heavy (non-hydrogen) atoms. The number of carbonyl (C=O) groups excluding carboxylic acids is 1. The molecule has 1 N–H and O–H groups in total. The first-order valence-corrected chi connectivity index (χ1v) is 7.51. The number of nitrogens with one attached hydrogen (secondary N) is 1. The molecule has 0 aromatic carbocycles. The molecule has 1 aliphatic rings. The van der Waals surface area contributed by atoms with E-state index < -0.39 is 0 Å². The van der Waals surface area contributed by atoms with Crippen molar-refractivity contribution in [3.05, 3.63) is 22.8 Å². The predicted octanol–water partition coefficient (Wildman–Crippen LogP) is 3.11. The molecule has 4 nitrogen and oxygen atoms in total. The van der Waals surface area contributed by atoms with Gasteiger partial charge in [0.1, 0.15) is 11.0 Å². The minimum Gasteiger partial charge on any atom is -0.363 e. The Morgan fingerprint density at radius 2 is 2.05 bits per heavy atom. The SMILES string of the molecule is CC1CCCCC1NC(=O)c1cc(Cl)nc(N(C)C)c1. The summed E-state index contributed by atoms with van der Waals surface area (Å²) in [4.78, 5) is 18.4. The quantitative estimate of drug-likeness (QED) is 0.872. The van der Waals surface area contributed by atoms with Crippen molar-refractivity contribution in [2.45, 2.75) is 38.6 Å². The van der Waals surface area contributed by atoms with E-state index in [1.165, 1.54) is 19.3 Å². The molecule has 110 valence electrons. The van der Waals surface area contributed by atoms with Crippen LogP contribution in [0.4, 0.5) is 5.82 Å². The Balaban J connectivity index is 2.12. The van der Waals surface area contributed by atoms with Crippen LogP contribution >= 0.6 is 11.6 Å². The van der Waals surface area contributed by atoms with Gasteiger partial charge in [0, 0.05) is 25.7 Å². The molecular weight excluding hydrogens is 274 g/mol. The summed E-state index contributed by atoms with van der Waals surface area (Å²) in [5.41, 5.74) is 0.575. The highest BCUT2D eigenvalue weighted by atomic mass is 35.5. The Kier molecular flexibility index (Phi) is 4.86. The molecule has 1 aromatic rings. The second-order valence-corrected chi connectivity index (χ2v) is 6.16. The van der Waals surface area contributed by atoms with Gasteiger partial charge in [0.15, 0.2) is 0 Å². The molecular formula is C15H22ClN3O. The van der Waals surface area contributed by atoms with E-state index in [1.807, 2.05) is 19.0 Å². The van der Waals surface area contributed by atoms with Gasteiger partial charge in [-0.25, -0.2) is 4.98 Å². The number of amides is 1. The van der Waals surface area contributed by atoms with E-state index in [4.69, 9.17) is 11.6 Å². The summed E-state index contributed by atoms with van der Waals surface area (Å²) in [5, 5.41) is 3.48. The van der Waals surface area contributed by atoms with Crippen molar-refractivity contribution in [3.8, 4) is 0 Å². The fraction of sp³-hybridized carbons (Fsp3) is 0.600. The van der Waals surface area contributed by atoms with Gasteiger partial charge in [-0.2, -0.15) is 0 Å². The van der Waals surface area contributed by atoms with Crippen LogP contribution in [0.5, 0.6) is 0 Å². The average Bonchev–Trinajstić information content (AvgIpc) is 2.40. The van der Waals surface area contributed by atoms with Gasteiger partial charge in [0.25, 0.3) is 5.91 Å². The monoisotopic (exact) mass is 295 g/mol. The zero-order chi connectivity index (χ0) is 14.7. The normalized spacial score (nSPS) is 22.4. The topological polar surface area (TPSA) is 45.2 Å². The summed E-state index contributed by atoms with van der Waals surface area (Å²) in [6, 6.07) is 3.66. The molecule has 1 aliphatic carbocycles. The second-order valence-electron chi connectivity index (χ2n) is 5.77. The molecule has 1 saturated carbocycles. The number of halogens is 1. The molecule has 1 aromatic heterocycles. The highest BCUT2D eigenvalue weighted by Crippen LogP contribution is 2.24. The van der Waals surface area contributed by atoms with Crippen molar-refractivity contribution in [3.63, 3.8) is 0 Å². The maximum atomic E-state index is 12.4. The summed E-state index contributed by atoms with van der Waals surface area (Å²) in [5.74, 6) is 1.17. The van der Waals surface area contributed by atoms with Crippen molar-refractivity contribution in [1.82, 2.24) is 10.3 Å². The summed E-state index contributed by atoms with van der Waals surface area (Å²) in [6.07, 6.45) is 4.70. The lowest BCUT2D eigenvalue weighted by atomic mass is 9.86. The Morgan fingerprint density at radius 1 is 1.35 bits per heavy atom. The van der Waals surface area contributed by atoms with Crippen LogP contribution in [0, 0.1) is 5.92 Å². The minimum absolute atomic E-state index is 0.0591. The average molecular weight is 296 g/mol. The van der Waals surface area contributed by atoms with Crippen LogP contribution in [0.1, 0.15) is 43.0 Å². The van der Waals surface area contributed by atoms with Crippen molar-refractivity contribution >= 4 is 23.3 Å². The van der Waals surface area contributed by atoms with E-state index in [2.05, 4.69) is 17.2 Å². The fourth-order valence-electron chi connectivity index (χ4n) is 2.63. The molecule has 2 atom stereocenters. The van der Waals surface area contributed by atoms with E-state index in [0.717, 1.165) is 6.42 Å². The van der Waals surface area contributed by atoms with Crippen LogP contribution in [0.2, 0.25) is 5.15 Å². The van der Waals surface area contributed by atoms with Crippen molar-refractivity contribution in [2.75, 3.05) is 19.0 Å². The molecule has 2 unspecified atom stereocenters. The molecule has 1 heterocycles. The van der Waals surface area contributed by atoms with Crippen LogP contribution in [-0.4, -0.2) is 31.0 Å². The molecule has 0 aliphatic heterocycles. The third-order valence-electron chi connectivity index (χ3n) is 3.93. The number of pyridine rings is 1. The molecule has 0 bridgehead atoms. The predicted molar refractivity (Wildman–Crippen MR) is 82.5 cm³/mol. The van der Waals surface area contributed by atoms with Crippen molar-refractivity contribution < 1.29 is 4.79 Å². The van der Waals surface area contributed by atoms with E-state index >= 15 is 0 Å². The van der Waals surface area contributed by atoms with Gasteiger partial charge in [-0.1, -0.05) is 31.4 Å². The summed E-state index contributed by atoms with van der Waals surface area (Å²) in [6.45, 7) is 2.20. The lowest BCUT2D eigenvalue weighted by Gasteiger charge is -2.29. The van der Waals surface area contributed by atoms with E-state index in [1.54, 1.807) is 12.1 Å². The van der Waals surface area contributed by atoms with Gasteiger partial charge in [0.05, 0.1) is 0 Å². The number of aromatic nitrogens is 1. The molecule has 0 saturated heterocycles. The fourth-order valence-corrected chi connectivity index (χ4v) is 2.83. The van der Waals surface area contributed by atoms with Crippen molar-refractivity contribution in [2.24, 2.45) is 5.92 Å². The van der Waals surface area contributed by atoms with Crippen LogP contribution in [0.25, 0.3) is 0 Å². The number of rotatable bonds is 3. The summed E-state index contributed by atoms with van der Waals surface area (Å²) >= 11 is 5.99. The Bertz CT molecular complexity index is 490. The highest BCUT2D eigenvalue weighted by Gasteiger charge is 2.23. The first-order chi connectivity index (χ1) is 9.47. The Labute approximate surface area is 125 Å². The largest absolute Gasteiger partial charge is 0.363 e. The third kappa shape index (κ3) is 3.63. The number of nitrogens with zero attached hydrogens (tertiary/aromatic N) is 2. The standard InChI is InChI=1S/C15H22ClN3O/c1-10-6-4-5-7-12(10)17-15(20)11-8-13(16)18-14(9-11)19(2)3/h8-10,12H,4-7H2,1-3H3,(H,17,20). The molecule has 2 rings (SSSR count). The van der Waals surface area contributed by atoms with Gasteiger partial charge in [-0.05, 0) is 30.9 Å². The van der Waals surface area contributed by atoms with Gasteiger partial charge in [-0.3, -0.25) is 4.79 Å². The number of hydrogen-bond acceptors (Lipinski definition) is 3. The highest BCUT2D eigenvalue weighted by molar-refractivity contribution is 6.29. The van der Waals surface area contributed by atoms with E-state index in [9.17, 15) is 4.79 Å². The van der Waals surface area contributed by atoms with Gasteiger partial charge in [-0.15, -0.1) is 0 Å². The first kappa shape index (κ1) is 15.1. The zero-order valence-corrected chi connectivity index (χ0v) is 13.1. The second kappa shape index (κ2) is 6.44. The van der Waals surface area contributed by atoms with Crippen LogP contribution < -0.4 is 10.2 Å².